The number of likely N-dealkylation sites (tertiary alicyclic amines) is 1. The Labute approximate surface area is 165 Å². The van der Waals surface area contributed by atoms with Crippen LogP contribution in [-0.2, 0) is 0 Å². The van der Waals surface area contributed by atoms with Crippen LogP contribution in [0.25, 0.3) is 0 Å². The number of rotatable bonds is 2. The van der Waals surface area contributed by atoms with E-state index in [9.17, 15) is 9.59 Å². The highest BCUT2D eigenvalue weighted by molar-refractivity contribution is 6.01. The molecule has 2 aromatic carbocycles. The lowest BCUT2D eigenvalue weighted by Gasteiger charge is -2.44. The molecule has 5 heteroatoms. The largest absolute Gasteiger partial charge is 0.496 e. The van der Waals surface area contributed by atoms with Gasteiger partial charge in [-0.05, 0) is 49.2 Å². The summed E-state index contributed by atoms with van der Waals surface area (Å²) in [5.41, 5.74) is 2.96. The molecular weight excluding hydrogens is 354 g/mol. The van der Waals surface area contributed by atoms with Crippen LogP contribution in [0.15, 0.2) is 36.4 Å². The highest BCUT2D eigenvalue weighted by Gasteiger charge is 2.44. The van der Waals surface area contributed by atoms with E-state index in [1.54, 1.807) is 19.2 Å². The third kappa shape index (κ3) is 3.15. The standard InChI is InChI=1S/C23H25NO4/c1-15-12-18-19(25)14-23(28-21(18)13-16(15)2)8-10-24(11-9-23)22(26)17-6-4-5-7-20(17)27-3/h4-7,12-13H,8-11,14H2,1-3H3. The van der Waals surface area contributed by atoms with Crippen LogP contribution < -0.4 is 9.47 Å². The molecule has 0 atom stereocenters. The Morgan fingerprint density at radius 3 is 2.50 bits per heavy atom. The maximum atomic E-state index is 12.9. The predicted molar refractivity (Wildman–Crippen MR) is 106 cm³/mol. The van der Waals surface area contributed by atoms with Gasteiger partial charge < -0.3 is 14.4 Å². The first-order chi connectivity index (χ1) is 13.4. The van der Waals surface area contributed by atoms with Gasteiger partial charge in [-0.3, -0.25) is 9.59 Å². The maximum absolute atomic E-state index is 12.9. The Bertz CT molecular complexity index is 942. The number of benzene rings is 2. The fourth-order valence-corrected chi connectivity index (χ4v) is 4.14. The van der Waals surface area contributed by atoms with Crippen molar-refractivity contribution in [2.75, 3.05) is 20.2 Å². The number of para-hydroxylation sites is 1. The van der Waals surface area contributed by atoms with Crippen molar-refractivity contribution in [3.8, 4) is 11.5 Å². The van der Waals surface area contributed by atoms with Crippen molar-refractivity contribution in [3.63, 3.8) is 0 Å². The number of carbonyl (C=O) groups is 2. The molecule has 1 spiro atoms. The highest BCUT2D eigenvalue weighted by Crippen LogP contribution is 2.40. The van der Waals surface area contributed by atoms with Gasteiger partial charge in [-0.2, -0.15) is 0 Å². The molecule has 2 heterocycles. The van der Waals surface area contributed by atoms with Crippen LogP contribution in [0.2, 0.25) is 0 Å². The third-order valence-corrected chi connectivity index (χ3v) is 6.00. The second-order valence-electron chi connectivity index (χ2n) is 7.81. The lowest BCUT2D eigenvalue weighted by Crippen LogP contribution is -2.52. The molecule has 0 unspecified atom stereocenters. The van der Waals surface area contributed by atoms with E-state index in [1.165, 1.54) is 0 Å². The Balaban J connectivity index is 1.51. The topological polar surface area (TPSA) is 55.8 Å². The molecule has 2 aliphatic rings. The summed E-state index contributed by atoms with van der Waals surface area (Å²) < 4.78 is 11.7. The van der Waals surface area contributed by atoms with Crippen molar-refractivity contribution in [2.24, 2.45) is 0 Å². The Kier molecular flexibility index (Phi) is 4.61. The smallest absolute Gasteiger partial charge is 0.257 e. The van der Waals surface area contributed by atoms with E-state index < -0.39 is 5.60 Å². The van der Waals surface area contributed by atoms with E-state index in [-0.39, 0.29) is 11.7 Å². The molecule has 0 radical (unpaired) electrons. The molecule has 5 nitrogen and oxygen atoms in total. The monoisotopic (exact) mass is 379 g/mol. The molecule has 1 amide bonds. The van der Waals surface area contributed by atoms with Gasteiger partial charge in [0.1, 0.15) is 17.1 Å². The van der Waals surface area contributed by atoms with E-state index in [0.717, 1.165) is 11.1 Å². The molecular formula is C23H25NO4. The fraction of sp³-hybridized carbons (Fsp3) is 0.391. The van der Waals surface area contributed by atoms with Crippen LogP contribution in [0.5, 0.6) is 11.5 Å². The molecule has 146 valence electrons. The summed E-state index contributed by atoms with van der Waals surface area (Å²) >= 11 is 0. The normalized spacial score (nSPS) is 17.8. The number of carbonyl (C=O) groups excluding carboxylic acids is 2. The van der Waals surface area contributed by atoms with Crippen LogP contribution in [0, 0.1) is 13.8 Å². The summed E-state index contributed by atoms with van der Waals surface area (Å²) in [5.74, 6) is 1.36. The second kappa shape index (κ2) is 6.97. The molecule has 2 aromatic rings. The lowest BCUT2D eigenvalue weighted by molar-refractivity contribution is -0.00580. The van der Waals surface area contributed by atoms with Gasteiger partial charge in [-0.15, -0.1) is 0 Å². The maximum Gasteiger partial charge on any atom is 0.257 e. The SMILES string of the molecule is COc1ccccc1C(=O)N1CCC2(CC1)CC(=O)c1cc(C)c(C)cc1O2. The minimum absolute atomic E-state index is 0.0405. The Hall–Kier alpha value is -2.82. The third-order valence-electron chi connectivity index (χ3n) is 6.00. The van der Waals surface area contributed by atoms with Crippen LogP contribution in [0.1, 0.15) is 51.1 Å². The average molecular weight is 379 g/mol. The van der Waals surface area contributed by atoms with Crippen molar-refractivity contribution in [1.82, 2.24) is 4.90 Å². The number of ketones is 1. The molecule has 0 saturated carbocycles. The molecule has 1 fully saturated rings. The number of aryl methyl sites for hydroxylation is 2. The van der Waals surface area contributed by atoms with E-state index >= 15 is 0 Å². The van der Waals surface area contributed by atoms with Gasteiger partial charge in [0, 0.05) is 25.9 Å². The van der Waals surface area contributed by atoms with Crippen LogP contribution in [-0.4, -0.2) is 42.4 Å². The summed E-state index contributed by atoms with van der Waals surface area (Å²) in [6, 6.07) is 11.2. The van der Waals surface area contributed by atoms with Gasteiger partial charge in [-0.25, -0.2) is 0 Å². The summed E-state index contributed by atoms with van der Waals surface area (Å²) in [6.45, 7) is 5.16. The van der Waals surface area contributed by atoms with Crippen LogP contribution >= 0.6 is 0 Å². The predicted octanol–water partition coefficient (Wildman–Crippen LogP) is 3.95. The van der Waals surface area contributed by atoms with E-state index in [2.05, 4.69) is 0 Å². The molecule has 28 heavy (non-hydrogen) atoms. The van der Waals surface area contributed by atoms with Crippen molar-refractivity contribution < 1.29 is 19.1 Å². The lowest BCUT2D eigenvalue weighted by atomic mass is 9.81. The first-order valence-corrected chi connectivity index (χ1v) is 9.68. The van der Waals surface area contributed by atoms with E-state index in [1.807, 2.05) is 43.0 Å². The van der Waals surface area contributed by atoms with Crippen molar-refractivity contribution >= 4 is 11.7 Å². The number of hydrogen-bond donors (Lipinski definition) is 0. The van der Waals surface area contributed by atoms with Crippen molar-refractivity contribution in [2.45, 2.75) is 38.7 Å². The summed E-state index contributed by atoms with van der Waals surface area (Å²) in [4.78, 5) is 27.5. The Morgan fingerprint density at radius 1 is 1.11 bits per heavy atom. The molecule has 2 aliphatic heterocycles. The molecule has 0 aliphatic carbocycles. The summed E-state index contributed by atoms with van der Waals surface area (Å²) in [6.07, 6.45) is 1.66. The fourth-order valence-electron chi connectivity index (χ4n) is 4.14. The number of hydrogen-bond acceptors (Lipinski definition) is 4. The van der Waals surface area contributed by atoms with Gasteiger partial charge in [0.15, 0.2) is 5.78 Å². The van der Waals surface area contributed by atoms with Crippen LogP contribution in [0.3, 0.4) is 0 Å². The summed E-state index contributed by atoms with van der Waals surface area (Å²) in [5, 5.41) is 0. The molecule has 0 N–H and O–H groups in total. The van der Waals surface area contributed by atoms with Gasteiger partial charge in [0.25, 0.3) is 5.91 Å². The van der Waals surface area contributed by atoms with Crippen molar-refractivity contribution in [3.05, 3.63) is 58.7 Å². The minimum Gasteiger partial charge on any atom is -0.496 e. The highest BCUT2D eigenvalue weighted by atomic mass is 16.5. The number of Topliss-reactive ketones (excluding diaryl/α,β-unsaturated/α-hetero) is 1. The zero-order valence-corrected chi connectivity index (χ0v) is 16.6. The number of nitrogens with zero attached hydrogens (tertiary/aromatic N) is 1. The quantitative estimate of drug-likeness (QED) is 0.793. The first kappa shape index (κ1) is 18.5. The minimum atomic E-state index is -0.511. The number of ether oxygens (including phenoxy) is 2. The average Bonchev–Trinajstić information content (AvgIpc) is 2.70. The molecule has 1 saturated heterocycles. The number of methoxy groups -OCH3 is 1. The van der Waals surface area contributed by atoms with Gasteiger partial charge in [0.2, 0.25) is 0 Å². The molecule has 0 aromatic heterocycles. The van der Waals surface area contributed by atoms with Crippen molar-refractivity contribution in [1.29, 1.82) is 0 Å². The molecule has 4 rings (SSSR count). The Morgan fingerprint density at radius 2 is 1.79 bits per heavy atom. The summed E-state index contributed by atoms with van der Waals surface area (Å²) in [7, 11) is 1.57. The zero-order chi connectivity index (χ0) is 19.9. The van der Waals surface area contributed by atoms with E-state index in [4.69, 9.17) is 9.47 Å². The second-order valence-corrected chi connectivity index (χ2v) is 7.81. The number of amides is 1. The van der Waals surface area contributed by atoms with Gasteiger partial charge >= 0.3 is 0 Å². The first-order valence-electron chi connectivity index (χ1n) is 9.68. The zero-order valence-electron chi connectivity index (χ0n) is 16.6. The van der Waals surface area contributed by atoms with Gasteiger partial charge in [0.05, 0.1) is 24.7 Å². The number of fused-ring (bicyclic) bond motifs is 1. The van der Waals surface area contributed by atoms with E-state index in [0.29, 0.717) is 55.0 Å². The molecule has 0 bridgehead atoms. The van der Waals surface area contributed by atoms with Crippen LogP contribution in [0.4, 0.5) is 0 Å². The van der Waals surface area contributed by atoms with Gasteiger partial charge in [-0.1, -0.05) is 12.1 Å². The number of piperidine rings is 1.